The van der Waals surface area contributed by atoms with Gasteiger partial charge in [-0.1, -0.05) is 0 Å². The number of carbonyl (C=O) groups excluding carboxylic acids is 1. The fraction of sp³-hybridized carbons (Fsp3) is 0.125. The summed E-state index contributed by atoms with van der Waals surface area (Å²) in [5.74, 6) is -1.20. The van der Waals surface area contributed by atoms with Gasteiger partial charge in [-0.05, 0) is 12.1 Å². The van der Waals surface area contributed by atoms with E-state index in [0.717, 1.165) is 4.40 Å². The second-order valence-corrected chi connectivity index (χ2v) is 2.87. The van der Waals surface area contributed by atoms with Gasteiger partial charge in [0.05, 0.1) is 5.56 Å². The number of hydrogen-bond donors (Lipinski definition) is 1. The highest BCUT2D eigenvalue weighted by atomic mass is 19.3. The quantitative estimate of drug-likeness (QED) is 0.798. The van der Waals surface area contributed by atoms with Crippen molar-refractivity contribution in [3.8, 4) is 0 Å². The van der Waals surface area contributed by atoms with Crippen LogP contribution in [0, 0.1) is 0 Å². The van der Waals surface area contributed by atoms with Crippen LogP contribution >= 0.6 is 0 Å². The van der Waals surface area contributed by atoms with E-state index in [1.54, 1.807) is 0 Å². The minimum Gasteiger partial charge on any atom is -0.366 e. The van der Waals surface area contributed by atoms with E-state index in [2.05, 4.69) is 10.2 Å². The lowest BCUT2D eigenvalue weighted by molar-refractivity contribution is 0.0999. The third-order valence-electron chi connectivity index (χ3n) is 1.91. The van der Waals surface area contributed by atoms with E-state index < -0.39 is 18.2 Å². The number of halogens is 2. The smallest absolute Gasteiger partial charge is 0.297 e. The fourth-order valence-electron chi connectivity index (χ4n) is 1.20. The number of primary amides is 1. The van der Waals surface area contributed by atoms with Crippen LogP contribution < -0.4 is 5.73 Å². The average molecular weight is 212 g/mol. The van der Waals surface area contributed by atoms with Crippen molar-refractivity contribution in [2.75, 3.05) is 0 Å². The molecule has 5 nitrogen and oxygen atoms in total. The van der Waals surface area contributed by atoms with E-state index in [9.17, 15) is 13.6 Å². The maximum atomic E-state index is 12.4. The van der Waals surface area contributed by atoms with Crippen molar-refractivity contribution >= 4 is 11.6 Å². The number of rotatable bonds is 2. The van der Waals surface area contributed by atoms with Crippen molar-refractivity contribution < 1.29 is 13.6 Å². The molecule has 78 valence electrons. The summed E-state index contributed by atoms with van der Waals surface area (Å²) in [5, 5.41) is 6.83. The monoisotopic (exact) mass is 212 g/mol. The van der Waals surface area contributed by atoms with Gasteiger partial charge in [0.25, 0.3) is 6.43 Å². The van der Waals surface area contributed by atoms with Gasteiger partial charge in [0, 0.05) is 6.20 Å². The zero-order valence-corrected chi connectivity index (χ0v) is 7.39. The first-order valence-corrected chi connectivity index (χ1v) is 4.02. The summed E-state index contributed by atoms with van der Waals surface area (Å²) in [6.45, 7) is 0. The van der Waals surface area contributed by atoms with Gasteiger partial charge in [-0.25, -0.2) is 8.78 Å². The molecule has 0 bridgehead atoms. The van der Waals surface area contributed by atoms with Gasteiger partial charge in [-0.3, -0.25) is 9.20 Å². The summed E-state index contributed by atoms with van der Waals surface area (Å²) < 4.78 is 25.9. The zero-order chi connectivity index (χ0) is 11.0. The summed E-state index contributed by atoms with van der Waals surface area (Å²) in [4.78, 5) is 10.8. The van der Waals surface area contributed by atoms with Crippen LogP contribution in [0.1, 0.15) is 22.6 Å². The third-order valence-corrected chi connectivity index (χ3v) is 1.91. The van der Waals surface area contributed by atoms with Crippen molar-refractivity contribution in [3.63, 3.8) is 0 Å². The van der Waals surface area contributed by atoms with E-state index in [-0.39, 0.29) is 11.2 Å². The minimum atomic E-state index is -2.75. The molecule has 0 aliphatic carbocycles. The third kappa shape index (κ3) is 1.51. The number of aromatic nitrogens is 3. The van der Waals surface area contributed by atoms with Gasteiger partial charge >= 0.3 is 0 Å². The molecule has 0 atom stereocenters. The number of alkyl halides is 2. The highest BCUT2D eigenvalue weighted by Gasteiger charge is 2.16. The number of hydrogen-bond acceptors (Lipinski definition) is 3. The van der Waals surface area contributed by atoms with Crippen molar-refractivity contribution in [2.45, 2.75) is 6.43 Å². The van der Waals surface area contributed by atoms with Gasteiger partial charge < -0.3 is 5.73 Å². The molecule has 0 unspecified atom stereocenters. The SMILES string of the molecule is NC(=O)c1ccc2nnc(C(F)F)n2c1. The molecule has 0 aliphatic rings. The molecule has 0 spiro atoms. The molecule has 7 heteroatoms. The lowest BCUT2D eigenvalue weighted by Gasteiger charge is -1.99. The predicted octanol–water partition coefficient (Wildman–Crippen LogP) is 0.766. The molecule has 1 amide bonds. The standard InChI is InChI=1S/C8H6F2N4O/c9-6(10)8-13-12-5-2-1-4(7(11)15)3-14(5)8/h1-3,6H,(H2,11,15). The molecule has 2 aromatic rings. The summed E-state index contributed by atoms with van der Waals surface area (Å²) >= 11 is 0. The number of fused-ring (bicyclic) bond motifs is 1. The van der Waals surface area contributed by atoms with E-state index >= 15 is 0 Å². The second-order valence-electron chi connectivity index (χ2n) is 2.87. The summed E-state index contributed by atoms with van der Waals surface area (Å²) in [6.07, 6.45) is -1.55. The summed E-state index contributed by atoms with van der Waals surface area (Å²) in [7, 11) is 0. The molecule has 0 aliphatic heterocycles. The molecule has 0 saturated carbocycles. The zero-order valence-electron chi connectivity index (χ0n) is 7.39. The molecule has 2 rings (SSSR count). The van der Waals surface area contributed by atoms with Crippen LogP contribution in [0.5, 0.6) is 0 Å². The number of nitrogens with two attached hydrogens (primary N) is 1. The molecule has 0 aromatic carbocycles. The first-order valence-electron chi connectivity index (χ1n) is 4.02. The fourth-order valence-corrected chi connectivity index (χ4v) is 1.20. The molecular weight excluding hydrogens is 206 g/mol. The average Bonchev–Trinajstić information content (AvgIpc) is 2.59. The van der Waals surface area contributed by atoms with Gasteiger partial charge in [0.15, 0.2) is 5.65 Å². The maximum absolute atomic E-state index is 12.4. The minimum absolute atomic E-state index is 0.129. The Morgan fingerprint density at radius 2 is 2.13 bits per heavy atom. The summed E-state index contributed by atoms with van der Waals surface area (Å²) in [5.41, 5.74) is 5.39. The Kier molecular flexibility index (Phi) is 2.07. The molecule has 2 heterocycles. The van der Waals surface area contributed by atoms with Gasteiger partial charge in [0.2, 0.25) is 11.7 Å². The Morgan fingerprint density at radius 1 is 1.40 bits per heavy atom. The Bertz CT molecular complexity index is 522. The predicted molar refractivity (Wildman–Crippen MR) is 46.5 cm³/mol. The van der Waals surface area contributed by atoms with Gasteiger partial charge in [-0.15, -0.1) is 10.2 Å². The van der Waals surface area contributed by atoms with Crippen LogP contribution in [0.3, 0.4) is 0 Å². The molecule has 15 heavy (non-hydrogen) atoms. The lowest BCUT2D eigenvalue weighted by Crippen LogP contribution is -2.12. The molecule has 2 aromatic heterocycles. The van der Waals surface area contributed by atoms with Crippen LogP contribution in [-0.2, 0) is 0 Å². The number of pyridine rings is 1. The molecule has 0 saturated heterocycles. The molecular formula is C8H6F2N4O. The van der Waals surface area contributed by atoms with Crippen LogP contribution in [0.4, 0.5) is 8.78 Å². The van der Waals surface area contributed by atoms with E-state index in [1.807, 2.05) is 0 Å². The second kappa shape index (κ2) is 3.26. The molecule has 2 N–H and O–H groups in total. The normalized spacial score (nSPS) is 11.1. The van der Waals surface area contributed by atoms with E-state index in [4.69, 9.17) is 5.73 Å². The number of amides is 1. The first kappa shape index (κ1) is 9.50. The van der Waals surface area contributed by atoms with E-state index in [0.29, 0.717) is 0 Å². The van der Waals surface area contributed by atoms with Crippen LogP contribution in [-0.4, -0.2) is 20.5 Å². The number of carbonyl (C=O) groups is 1. The Morgan fingerprint density at radius 3 is 2.73 bits per heavy atom. The maximum Gasteiger partial charge on any atom is 0.297 e. The van der Waals surface area contributed by atoms with Crippen molar-refractivity contribution in [1.29, 1.82) is 0 Å². The molecule has 0 radical (unpaired) electrons. The van der Waals surface area contributed by atoms with Crippen LogP contribution in [0.25, 0.3) is 5.65 Å². The van der Waals surface area contributed by atoms with Crippen molar-refractivity contribution in [1.82, 2.24) is 14.6 Å². The highest BCUT2D eigenvalue weighted by Crippen LogP contribution is 2.17. The Labute approximate surface area is 82.5 Å². The van der Waals surface area contributed by atoms with Crippen molar-refractivity contribution in [2.24, 2.45) is 5.73 Å². The molecule has 0 fully saturated rings. The van der Waals surface area contributed by atoms with Crippen LogP contribution in [0.2, 0.25) is 0 Å². The highest BCUT2D eigenvalue weighted by molar-refractivity contribution is 5.92. The first-order chi connectivity index (χ1) is 7.09. The van der Waals surface area contributed by atoms with E-state index in [1.165, 1.54) is 18.3 Å². The summed E-state index contributed by atoms with van der Waals surface area (Å²) in [6, 6.07) is 2.81. The Hall–Kier alpha value is -2.05. The largest absolute Gasteiger partial charge is 0.366 e. The topological polar surface area (TPSA) is 73.3 Å². The lowest BCUT2D eigenvalue weighted by atomic mass is 10.3. The number of nitrogens with zero attached hydrogens (tertiary/aromatic N) is 3. The Balaban J connectivity index is 2.66. The van der Waals surface area contributed by atoms with Crippen molar-refractivity contribution in [3.05, 3.63) is 29.7 Å². The van der Waals surface area contributed by atoms with Gasteiger partial charge in [-0.2, -0.15) is 0 Å². The van der Waals surface area contributed by atoms with Crippen LogP contribution in [0.15, 0.2) is 18.3 Å². The van der Waals surface area contributed by atoms with Gasteiger partial charge in [0.1, 0.15) is 0 Å².